The second-order valence-corrected chi connectivity index (χ2v) is 5.44. The Morgan fingerprint density at radius 2 is 1.64 bits per heavy atom. The molecule has 3 rings (SSSR count). The third-order valence-corrected chi connectivity index (χ3v) is 4.01. The maximum absolute atomic E-state index is 12.7. The normalized spacial score (nSPS) is 10.6. The van der Waals surface area contributed by atoms with Crippen molar-refractivity contribution in [3.63, 3.8) is 0 Å². The number of hydrogen-bond donors (Lipinski definition) is 1. The van der Waals surface area contributed by atoms with Crippen LogP contribution in [0.15, 0.2) is 40.8 Å². The molecule has 0 aliphatic carbocycles. The molecule has 2 aromatic carbocycles. The van der Waals surface area contributed by atoms with Crippen LogP contribution in [0.1, 0.15) is 16.1 Å². The van der Waals surface area contributed by atoms with E-state index in [4.69, 9.17) is 18.6 Å². The number of amides is 1. The van der Waals surface area contributed by atoms with E-state index in [9.17, 15) is 4.79 Å². The van der Waals surface area contributed by atoms with E-state index in [1.54, 1.807) is 44.6 Å². The minimum atomic E-state index is -0.351. The van der Waals surface area contributed by atoms with Crippen LogP contribution in [0, 0.1) is 6.92 Å². The van der Waals surface area contributed by atoms with Crippen LogP contribution in [0.5, 0.6) is 17.2 Å². The first-order chi connectivity index (χ1) is 12.1. The van der Waals surface area contributed by atoms with Crippen LogP contribution in [-0.2, 0) is 0 Å². The lowest BCUT2D eigenvalue weighted by atomic mass is 10.1. The molecular formula is C19H19NO5. The number of carbonyl (C=O) groups excluding carboxylic acids is 1. The van der Waals surface area contributed by atoms with Gasteiger partial charge in [0.1, 0.15) is 22.8 Å². The summed E-state index contributed by atoms with van der Waals surface area (Å²) in [5.41, 5.74) is 1.91. The molecule has 0 atom stereocenters. The predicted octanol–water partition coefficient (Wildman–Crippen LogP) is 4.02. The van der Waals surface area contributed by atoms with Gasteiger partial charge in [0.05, 0.1) is 27.0 Å². The van der Waals surface area contributed by atoms with Crippen LogP contribution in [-0.4, -0.2) is 27.2 Å². The minimum absolute atomic E-state index is 0.251. The molecule has 0 saturated heterocycles. The second-order valence-electron chi connectivity index (χ2n) is 5.44. The number of nitrogens with one attached hydrogen (secondary N) is 1. The Hall–Kier alpha value is -3.15. The third kappa shape index (κ3) is 3.10. The number of hydrogen-bond acceptors (Lipinski definition) is 5. The Morgan fingerprint density at radius 3 is 2.32 bits per heavy atom. The summed E-state index contributed by atoms with van der Waals surface area (Å²) < 4.78 is 21.4. The van der Waals surface area contributed by atoms with Gasteiger partial charge in [-0.05, 0) is 37.3 Å². The summed E-state index contributed by atoms with van der Waals surface area (Å²) in [4.78, 5) is 12.7. The predicted molar refractivity (Wildman–Crippen MR) is 95.0 cm³/mol. The average molecular weight is 341 g/mol. The van der Waals surface area contributed by atoms with Crippen molar-refractivity contribution in [3.8, 4) is 17.2 Å². The molecule has 130 valence electrons. The van der Waals surface area contributed by atoms with Gasteiger partial charge in [-0.3, -0.25) is 4.79 Å². The summed E-state index contributed by atoms with van der Waals surface area (Å²) in [5, 5.41) is 3.65. The van der Waals surface area contributed by atoms with Gasteiger partial charge in [-0.1, -0.05) is 0 Å². The van der Waals surface area contributed by atoms with E-state index in [0.717, 1.165) is 10.9 Å². The van der Waals surface area contributed by atoms with Gasteiger partial charge in [0.25, 0.3) is 5.91 Å². The smallest absolute Gasteiger partial charge is 0.291 e. The highest BCUT2D eigenvalue weighted by atomic mass is 16.5. The van der Waals surface area contributed by atoms with Gasteiger partial charge >= 0.3 is 0 Å². The monoisotopic (exact) mass is 341 g/mol. The molecular weight excluding hydrogens is 322 g/mol. The van der Waals surface area contributed by atoms with Gasteiger partial charge in [-0.2, -0.15) is 0 Å². The van der Waals surface area contributed by atoms with E-state index in [-0.39, 0.29) is 11.7 Å². The lowest BCUT2D eigenvalue weighted by molar-refractivity contribution is 0.0997. The summed E-state index contributed by atoms with van der Waals surface area (Å²) in [5.74, 6) is 1.75. The number of benzene rings is 2. The molecule has 25 heavy (non-hydrogen) atoms. The topological polar surface area (TPSA) is 69.9 Å². The van der Waals surface area contributed by atoms with Crippen molar-refractivity contribution in [2.24, 2.45) is 0 Å². The van der Waals surface area contributed by atoms with Gasteiger partial charge in [-0.25, -0.2) is 0 Å². The molecule has 1 N–H and O–H groups in total. The van der Waals surface area contributed by atoms with Crippen molar-refractivity contribution >= 4 is 22.6 Å². The summed E-state index contributed by atoms with van der Waals surface area (Å²) in [7, 11) is 4.70. The van der Waals surface area contributed by atoms with E-state index < -0.39 is 0 Å². The molecule has 0 radical (unpaired) electrons. The zero-order valence-corrected chi connectivity index (χ0v) is 14.5. The molecule has 0 aliphatic rings. The van der Waals surface area contributed by atoms with Crippen molar-refractivity contribution in [1.29, 1.82) is 0 Å². The Kier molecular flexibility index (Phi) is 4.52. The first-order valence-electron chi connectivity index (χ1n) is 7.68. The van der Waals surface area contributed by atoms with Crippen LogP contribution < -0.4 is 19.5 Å². The number of carbonyl (C=O) groups is 1. The molecule has 0 aliphatic heterocycles. The number of rotatable bonds is 5. The van der Waals surface area contributed by atoms with Crippen molar-refractivity contribution in [2.45, 2.75) is 6.92 Å². The van der Waals surface area contributed by atoms with Crippen molar-refractivity contribution < 1.29 is 23.4 Å². The Labute approximate surface area is 145 Å². The Morgan fingerprint density at radius 1 is 0.960 bits per heavy atom. The van der Waals surface area contributed by atoms with Crippen LogP contribution in [0.25, 0.3) is 11.0 Å². The molecule has 1 aromatic heterocycles. The molecule has 3 aromatic rings. The maximum Gasteiger partial charge on any atom is 0.291 e. The number of furan rings is 1. The molecule has 0 bridgehead atoms. The third-order valence-electron chi connectivity index (χ3n) is 4.01. The molecule has 1 amide bonds. The largest absolute Gasteiger partial charge is 0.497 e. The Balaban J connectivity index is 1.94. The van der Waals surface area contributed by atoms with Crippen LogP contribution in [0.4, 0.5) is 5.69 Å². The summed E-state index contributed by atoms with van der Waals surface area (Å²) in [6.07, 6.45) is 0. The number of anilines is 1. The lowest BCUT2D eigenvalue weighted by Crippen LogP contribution is -2.13. The minimum Gasteiger partial charge on any atom is -0.497 e. The number of methoxy groups -OCH3 is 3. The Bertz CT molecular complexity index is 929. The van der Waals surface area contributed by atoms with Crippen LogP contribution in [0.3, 0.4) is 0 Å². The van der Waals surface area contributed by atoms with Crippen LogP contribution >= 0.6 is 0 Å². The standard InChI is InChI=1S/C19H19NO5/c1-11-14-9-12(22-2)6-8-16(14)25-18(11)19(21)20-15-7-5-13(23-3)10-17(15)24-4/h5-10H,1-4H3,(H,20,21). The molecule has 0 fully saturated rings. The molecule has 6 nitrogen and oxygen atoms in total. The maximum atomic E-state index is 12.7. The van der Waals surface area contributed by atoms with Crippen molar-refractivity contribution in [1.82, 2.24) is 0 Å². The lowest BCUT2D eigenvalue weighted by Gasteiger charge is -2.11. The molecule has 0 spiro atoms. The highest BCUT2D eigenvalue weighted by Gasteiger charge is 2.19. The van der Waals surface area contributed by atoms with E-state index in [0.29, 0.717) is 28.5 Å². The molecule has 6 heteroatoms. The van der Waals surface area contributed by atoms with Crippen LogP contribution in [0.2, 0.25) is 0 Å². The highest BCUT2D eigenvalue weighted by molar-refractivity contribution is 6.07. The van der Waals surface area contributed by atoms with Gasteiger partial charge in [0.2, 0.25) is 0 Å². The SMILES string of the molecule is COc1ccc(NC(=O)c2oc3ccc(OC)cc3c2C)c(OC)c1. The van der Waals surface area contributed by atoms with Crippen molar-refractivity contribution in [3.05, 3.63) is 47.7 Å². The summed E-state index contributed by atoms with van der Waals surface area (Å²) in [6, 6.07) is 10.6. The quantitative estimate of drug-likeness (QED) is 0.759. The van der Waals surface area contributed by atoms with Crippen molar-refractivity contribution in [2.75, 3.05) is 26.6 Å². The zero-order chi connectivity index (χ0) is 18.0. The van der Waals surface area contributed by atoms with E-state index in [2.05, 4.69) is 5.32 Å². The first kappa shape index (κ1) is 16.7. The highest BCUT2D eigenvalue weighted by Crippen LogP contribution is 2.32. The molecule has 1 heterocycles. The summed E-state index contributed by atoms with van der Waals surface area (Å²) >= 11 is 0. The van der Waals surface area contributed by atoms with Gasteiger partial charge in [0, 0.05) is 17.0 Å². The first-order valence-corrected chi connectivity index (χ1v) is 7.68. The van der Waals surface area contributed by atoms with E-state index in [1.165, 1.54) is 7.11 Å². The number of fused-ring (bicyclic) bond motifs is 1. The fourth-order valence-corrected chi connectivity index (χ4v) is 2.62. The fourth-order valence-electron chi connectivity index (χ4n) is 2.62. The number of ether oxygens (including phenoxy) is 3. The molecule has 0 saturated carbocycles. The van der Waals surface area contributed by atoms with Gasteiger partial charge in [0.15, 0.2) is 5.76 Å². The fraction of sp³-hybridized carbons (Fsp3) is 0.211. The zero-order valence-electron chi connectivity index (χ0n) is 14.5. The van der Waals surface area contributed by atoms with E-state index >= 15 is 0 Å². The summed E-state index contributed by atoms with van der Waals surface area (Å²) in [6.45, 7) is 1.84. The average Bonchev–Trinajstić information content (AvgIpc) is 2.98. The molecule has 0 unspecified atom stereocenters. The van der Waals surface area contributed by atoms with Gasteiger partial charge < -0.3 is 23.9 Å². The van der Waals surface area contributed by atoms with E-state index in [1.807, 2.05) is 13.0 Å². The number of aryl methyl sites for hydroxylation is 1. The van der Waals surface area contributed by atoms with Gasteiger partial charge in [-0.15, -0.1) is 0 Å². The second kappa shape index (κ2) is 6.76.